The molecule has 0 radical (unpaired) electrons. The van der Waals surface area contributed by atoms with Gasteiger partial charge in [0.05, 0.1) is 0 Å². The molecule has 0 unspecified atom stereocenters. The maximum atomic E-state index is 11.9. The van der Waals surface area contributed by atoms with E-state index in [-0.39, 0.29) is 11.2 Å². The van der Waals surface area contributed by atoms with Crippen molar-refractivity contribution in [2.24, 2.45) is 7.05 Å². The number of rotatable bonds is 6. The fraction of sp³-hybridized carbons (Fsp3) is 0.500. The van der Waals surface area contributed by atoms with E-state index in [1.54, 1.807) is 0 Å². The van der Waals surface area contributed by atoms with Crippen LogP contribution in [0.4, 0.5) is 5.69 Å². The zero-order valence-corrected chi connectivity index (χ0v) is 15.7. The van der Waals surface area contributed by atoms with Crippen molar-refractivity contribution in [3.05, 3.63) is 56.3 Å². The van der Waals surface area contributed by atoms with Crippen LogP contribution < -0.4 is 16.1 Å². The van der Waals surface area contributed by atoms with Crippen LogP contribution in [-0.2, 0) is 13.6 Å². The standard InChI is InChI=1S/C18H24ClN5O2/c1-21-17(25)14-20-24(18(21)26)8-3-2-7-22-9-11-23(12-10-22)16-6-4-5-15(19)13-16/h4-6,13-14H,2-3,7-12H2,1H3. The van der Waals surface area contributed by atoms with Gasteiger partial charge >= 0.3 is 5.69 Å². The highest BCUT2D eigenvalue weighted by molar-refractivity contribution is 6.30. The molecule has 1 aliphatic rings. The highest BCUT2D eigenvalue weighted by atomic mass is 35.5. The zero-order chi connectivity index (χ0) is 18.5. The van der Waals surface area contributed by atoms with Gasteiger partial charge in [0, 0.05) is 50.5 Å². The minimum absolute atomic E-state index is 0.354. The SMILES string of the molecule is Cn1c(=O)cnn(CCCCN2CCN(c3cccc(Cl)c3)CC2)c1=O. The summed E-state index contributed by atoms with van der Waals surface area (Å²) in [5.74, 6) is 0. The van der Waals surface area contributed by atoms with E-state index in [1.807, 2.05) is 18.2 Å². The van der Waals surface area contributed by atoms with Crippen molar-refractivity contribution >= 4 is 17.3 Å². The van der Waals surface area contributed by atoms with E-state index in [0.29, 0.717) is 6.54 Å². The van der Waals surface area contributed by atoms with Gasteiger partial charge in [-0.3, -0.25) is 14.3 Å². The second-order valence-corrected chi connectivity index (χ2v) is 7.00. The van der Waals surface area contributed by atoms with Gasteiger partial charge in [-0.05, 0) is 37.6 Å². The Morgan fingerprint density at radius 2 is 1.81 bits per heavy atom. The number of aromatic nitrogens is 3. The Morgan fingerprint density at radius 1 is 1.08 bits per heavy atom. The van der Waals surface area contributed by atoms with Crippen LogP contribution in [0.25, 0.3) is 0 Å². The van der Waals surface area contributed by atoms with E-state index >= 15 is 0 Å². The second kappa shape index (κ2) is 8.51. The van der Waals surface area contributed by atoms with Gasteiger partial charge in [0.15, 0.2) is 0 Å². The molecular formula is C18H24ClN5O2. The minimum Gasteiger partial charge on any atom is -0.369 e. The third-order valence-electron chi connectivity index (χ3n) is 4.79. The summed E-state index contributed by atoms with van der Waals surface area (Å²) in [4.78, 5) is 28.1. The van der Waals surface area contributed by atoms with Crippen LogP contribution in [0.1, 0.15) is 12.8 Å². The number of hydrogen-bond donors (Lipinski definition) is 0. The molecule has 1 aromatic carbocycles. The molecule has 8 heteroatoms. The predicted octanol–water partition coefficient (Wildman–Crippen LogP) is 1.20. The summed E-state index contributed by atoms with van der Waals surface area (Å²) in [5, 5.41) is 4.68. The van der Waals surface area contributed by atoms with E-state index < -0.39 is 0 Å². The van der Waals surface area contributed by atoms with Crippen LogP contribution in [-0.4, -0.2) is 52.0 Å². The Morgan fingerprint density at radius 3 is 2.54 bits per heavy atom. The lowest BCUT2D eigenvalue weighted by atomic mass is 10.2. The van der Waals surface area contributed by atoms with E-state index in [2.05, 4.69) is 21.0 Å². The highest BCUT2D eigenvalue weighted by Crippen LogP contribution is 2.20. The molecule has 2 aromatic rings. The van der Waals surface area contributed by atoms with Gasteiger partial charge in [-0.25, -0.2) is 9.48 Å². The van der Waals surface area contributed by atoms with E-state index in [4.69, 9.17) is 11.6 Å². The Bertz CT molecular complexity index is 855. The first-order valence-electron chi connectivity index (χ1n) is 8.90. The summed E-state index contributed by atoms with van der Waals surface area (Å²) < 4.78 is 2.44. The van der Waals surface area contributed by atoms with Crippen molar-refractivity contribution in [1.82, 2.24) is 19.2 Å². The Hall–Kier alpha value is -2.12. The van der Waals surface area contributed by atoms with Gasteiger partial charge in [-0.1, -0.05) is 17.7 Å². The summed E-state index contributed by atoms with van der Waals surface area (Å²) in [6, 6.07) is 7.99. The molecule has 7 nitrogen and oxygen atoms in total. The van der Waals surface area contributed by atoms with Crippen LogP contribution in [0.3, 0.4) is 0 Å². The van der Waals surface area contributed by atoms with Gasteiger partial charge in [0.25, 0.3) is 5.56 Å². The molecule has 2 heterocycles. The lowest BCUT2D eigenvalue weighted by molar-refractivity contribution is 0.250. The van der Waals surface area contributed by atoms with Crippen molar-refractivity contribution in [3.63, 3.8) is 0 Å². The van der Waals surface area contributed by atoms with Gasteiger partial charge in [0.1, 0.15) is 6.20 Å². The number of nitrogens with zero attached hydrogens (tertiary/aromatic N) is 5. The molecule has 0 bridgehead atoms. The normalized spacial score (nSPS) is 15.4. The molecule has 0 N–H and O–H groups in total. The van der Waals surface area contributed by atoms with Crippen molar-refractivity contribution in [1.29, 1.82) is 0 Å². The topological polar surface area (TPSA) is 63.4 Å². The molecule has 26 heavy (non-hydrogen) atoms. The first-order chi connectivity index (χ1) is 12.5. The number of unbranched alkanes of at least 4 members (excludes halogenated alkanes) is 1. The molecule has 0 spiro atoms. The second-order valence-electron chi connectivity index (χ2n) is 6.56. The number of benzene rings is 1. The average Bonchev–Trinajstić information content (AvgIpc) is 2.65. The maximum absolute atomic E-state index is 11.9. The van der Waals surface area contributed by atoms with Gasteiger partial charge in [-0.15, -0.1) is 0 Å². The quantitative estimate of drug-likeness (QED) is 0.708. The summed E-state index contributed by atoms with van der Waals surface area (Å²) in [7, 11) is 1.47. The lowest BCUT2D eigenvalue weighted by Crippen LogP contribution is -2.46. The number of halogens is 1. The largest absolute Gasteiger partial charge is 0.369 e. The van der Waals surface area contributed by atoms with Gasteiger partial charge in [0.2, 0.25) is 0 Å². The molecule has 1 fully saturated rings. The first-order valence-corrected chi connectivity index (χ1v) is 9.28. The molecule has 1 aliphatic heterocycles. The van der Waals surface area contributed by atoms with Crippen molar-refractivity contribution in [2.75, 3.05) is 37.6 Å². The molecule has 0 amide bonds. The smallest absolute Gasteiger partial charge is 0.347 e. The summed E-state index contributed by atoms with van der Waals surface area (Å²) >= 11 is 6.07. The Balaban J connectivity index is 1.41. The fourth-order valence-corrected chi connectivity index (χ4v) is 3.36. The molecule has 3 rings (SSSR count). The first kappa shape index (κ1) is 18.7. The Labute approximate surface area is 157 Å². The van der Waals surface area contributed by atoms with Crippen LogP contribution in [0.15, 0.2) is 40.1 Å². The zero-order valence-electron chi connectivity index (χ0n) is 15.0. The summed E-state index contributed by atoms with van der Waals surface area (Å²) in [5.41, 5.74) is 0.453. The van der Waals surface area contributed by atoms with Crippen LogP contribution in [0.5, 0.6) is 0 Å². The molecule has 140 valence electrons. The molecule has 0 atom stereocenters. The van der Waals surface area contributed by atoms with Gasteiger partial charge in [-0.2, -0.15) is 5.10 Å². The number of aryl methyl sites for hydroxylation is 1. The minimum atomic E-state index is -0.371. The third kappa shape index (κ3) is 4.53. The maximum Gasteiger partial charge on any atom is 0.347 e. The highest BCUT2D eigenvalue weighted by Gasteiger charge is 2.16. The number of hydrogen-bond acceptors (Lipinski definition) is 5. The van der Waals surface area contributed by atoms with Crippen molar-refractivity contribution < 1.29 is 0 Å². The summed E-state index contributed by atoms with van der Waals surface area (Å²) in [6.45, 7) is 5.55. The van der Waals surface area contributed by atoms with E-state index in [9.17, 15) is 9.59 Å². The van der Waals surface area contributed by atoms with Crippen LogP contribution >= 0.6 is 11.6 Å². The average molecular weight is 378 g/mol. The monoisotopic (exact) mass is 377 g/mol. The number of piperazine rings is 1. The van der Waals surface area contributed by atoms with Crippen molar-refractivity contribution in [2.45, 2.75) is 19.4 Å². The lowest BCUT2D eigenvalue weighted by Gasteiger charge is -2.36. The molecule has 0 aliphatic carbocycles. The fourth-order valence-electron chi connectivity index (χ4n) is 3.18. The van der Waals surface area contributed by atoms with Gasteiger partial charge < -0.3 is 4.90 Å². The van der Waals surface area contributed by atoms with Crippen LogP contribution in [0.2, 0.25) is 5.02 Å². The van der Waals surface area contributed by atoms with Crippen LogP contribution in [0, 0.1) is 0 Å². The predicted molar refractivity (Wildman–Crippen MR) is 103 cm³/mol. The molecule has 1 saturated heterocycles. The molecule has 0 saturated carbocycles. The summed E-state index contributed by atoms with van der Waals surface area (Å²) in [6.07, 6.45) is 3.05. The molecule has 1 aromatic heterocycles. The third-order valence-corrected chi connectivity index (χ3v) is 5.02. The van der Waals surface area contributed by atoms with Crippen molar-refractivity contribution in [3.8, 4) is 0 Å². The Kier molecular flexibility index (Phi) is 6.11. The number of anilines is 1. The van der Waals surface area contributed by atoms with E-state index in [1.165, 1.54) is 23.6 Å². The van der Waals surface area contributed by atoms with E-state index in [0.717, 1.165) is 55.2 Å². The molecular weight excluding hydrogens is 354 g/mol.